The smallest absolute Gasteiger partial charge is 0.269 e. The van der Waals surface area contributed by atoms with E-state index in [2.05, 4.69) is 26.8 Å². The molecule has 27 heavy (non-hydrogen) atoms. The van der Waals surface area contributed by atoms with Crippen molar-refractivity contribution in [3.63, 3.8) is 0 Å². The van der Waals surface area contributed by atoms with Crippen LogP contribution in [0.15, 0.2) is 46.9 Å². The van der Waals surface area contributed by atoms with Gasteiger partial charge in [0, 0.05) is 17.7 Å². The van der Waals surface area contributed by atoms with Crippen molar-refractivity contribution in [2.45, 2.75) is 6.92 Å². The highest BCUT2D eigenvalue weighted by Crippen LogP contribution is 2.25. The summed E-state index contributed by atoms with van der Waals surface area (Å²) in [6.07, 6.45) is 0. The molecule has 0 radical (unpaired) electrons. The van der Waals surface area contributed by atoms with Crippen molar-refractivity contribution in [2.24, 2.45) is 0 Å². The van der Waals surface area contributed by atoms with Gasteiger partial charge < -0.3 is 14.2 Å². The molecule has 2 rings (SSSR count). The maximum Gasteiger partial charge on any atom is 0.269 e. The van der Waals surface area contributed by atoms with Gasteiger partial charge in [-0.25, -0.2) is 0 Å². The molecule has 0 spiro atoms. The minimum absolute atomic E-state index is 0.361. The number of amides is 2. The summed E-state index contributed by atoms with van der Waals surface area (Å²) in [6.45, 7) is 3.39. The van der Waals surface area contributed by atoms with Crippen molar-refractivity contribution >= 4 is 27.7 Å². The van der Waals surface area contributed by atoms with Crippen molar-refractivity contribution < 1.29 is 23.8 Å². The molecule has 0 saturated heterocycles. The first kappa shape index (κ1) is 20.7. The monoisotopic (exact) mass is 436 g/mol. The van der Waals surface area contributed by atoms with Gasteiger partial charge >= 0.3 is 0 Å². The molecule has 0 heterocycles. The molecule has 0 atom stereocenters. The van der Waals surface area contributed by atoms with Gasteiger partial charge in [0.2, 0.25) is 0 Å². The normalized spacial score (nSPS) is 10.2. The molecule has 0 unspecified atom stereocenters. The number of halogens is 1. The lowest BCUT2D eigenvalue weighted by molar-refractivity contribution is 0.0846. The summed E-state index contributed by atoms with van der Waals surface area (Å²) in [6, 6.07) is 11.5. The number of hydrogen-bond acceptors (Lipinski definition) is 5. The molecule has 0 aliphatic rings. The van der Waals surface area contributed by atoms with E-state index in [0.717, 1.165) is 0 Å². The first-order valence-electron chi connectivity index (χ1n) is 8.30. The van der Waals surface area contributed by atoms with E-state index in [1.54, 1.807) is 42.5 Å². The molecule has 2 aromatic carbocycles. The Bertz CT molecular complexity index is 797. The first-order chi connectivity index (χ1) is 13.0. The van der Waals surface area contributed by atoms with Gasteiger partial charge in [-0.15, -0.1) is 0 Å². The Morgan fingerprint density at radius 1 is 1.00 bits per heavy atom. The van der Waals surface area contributed by atoms with Crippen LogP contribution < -0.4 is 20.3 Å². The Balaban J connectivity index is 1.91. The molecule has 8 heteroatoms. The Morgan fingerprint density at radius 3 is 2.33 bits per heavy atom. The number of carbonyl (C=O) groups excluding carboxylic acids is 2. The fourth-order valence-corrected chi connectivity index (χ4v) is 2.70. The molecule has 2 aromatic rings. The fourth-order valence-electron chi connectivity index (χ4n) is 2.16. The highest BCUT2D eigenvalue weighted by molar-refractivity contribution is 9.10. The number of carbonyl (C=O) groups is 2. The number of ether oxygens (including phenoxy) is 3. The molecule has 2 N–H and O–H groups in total. The molecule has 0 aliphatic heterocycles. The first-order valence-corrected chi connectivity index (χ1v) is 9.09. The molecule has 7 nitrogen and oxygen atoms in total. The summed E-state index contributed by atoms with van der Waals surface area (Å²) in [5.74, 6) is 0.256. The second-order valence-electron chi connectivity index (χ2n) is 5.33. The van der Waals surface area contributed by atoms with Crippen molar-refractivity contribution in [1.82, 2.24) is 10.9 Å². The molecule has 0 aliphatic carbocycles. The van der Waals surface area contributed by atoms with Gasteiger partial charge in [-0.1, -0.05) is 6.07 Å². The van der Waals surface area contributed by atoms with E-state index < -0.39 is 11.8 Å². The zero-order valence-corrected chi connectivity index (χ0v) is 16.7. The van der Waals surface area contributed by atoms with Crippen molar-refractivity contribution in [2.75, 3.05) is 26.9 Å². The van der Waals surface area contributed by atoms with E-state index >= 15 is 0 Å². The van der Waals surface area contributed by atoms with Crippen LogP contribution in [-0.2, 0) is 4.74 Å². The maximum absolute atomic E-state index is 12.2. The average Bonchev–Trinajstić information content (AvgIpc) is 2.69. The zero-order valence-electron chi connectivity index (χ0n) is 15.1. The molecule has 0 aromatic heterocycles. The van der Waals surface area contributed by atoms with Crippen molar-refractivity contribution in [3.8, 4) is 11.5 Å². The number of methoxy groups -OCH3 is 1. The minimum Gasteiger partial charge on any atom is -0.496 e. The standard InChI is InChI=1S/C19H21BrN2O5/c1-3-26-9-10-27-15-6-4-5-13(11-15)18(23)21-22-19(24)14-7-8-17(25-2)16(20)12-14/h4-8,11-12H,3,9-10H2,1-2H3,(H,21,23)(H,22,24). The van der Waals surface area contributed by atoms with Gasteiger partial charge in [-0.3, -0.25) is 20.4 Å². The van der Waals surface area contributed by atoms with E-state index in [-0.39, 0.29) is 0 Å². The minimum atomic E-state index is -0.453. The number of hydrogen-bond donors (Lipinski definition) is 2. The second kappa shape index (κ2) is 10.5. The van der Waals surface area contributed by atoms with Crippen LogP contribution in [0.1, 0.15) is 27.6 Å². The predicted octanol–water partition coefficient (Wildman–Crippen LogP) is 2.95. The number of rotatable bonds is 8. The zero-order chi connectivity index (χ0) is 19.6. The molecule has 0 saturated carbocycles. The van der Waals surface area contributed by atoms with Crippen LogP contribution in [0.5, 0.6) is 11.5 Å². The molecule has 0 bridgehead atoms. The van der Waals surface area contributed by atoms with Crippen LogP contribution in [0.3, 0.4) is 0 Å². The predicted molar refractivity (Wildman–Crippen MR) is 104 cm³/mol. The topological polar surface area (TPSA) is 85.9 Å². The SMILES string of the molecule is CCOCCOc1cccc(C(=O)NNC(=O)c2ccc(OC)c(Br)c2)c1. The van der Waals surface area contributed by atoms with E-state index in [9.17, 15) is 9.59 Å². The Labute approximate surface area is 166 Å². The summed E-state index contributed by atoms with van der Waals surface area (Å²) in [5.41, 5.74) is 5.50. The van der Waals surface area contributed by atoms with Crippen LogP contribution in [0.2, 0.25) is 0 Å². The summed E-state index contributed by atoms with van der Waals surface area (Å²) < 4.78 is 16.5. The van der Waals surface area contributed by atoms with Crippen LogP contribution >= 0.6 is 15.9 Å². The lowest BCUT2D eigenvalue weighted by atomic mass is 10.2. The Hall–Kier alpha value is -2.58. The summed E-state index contributed by atoms with van der Waals surface area (Å²) in [4.78, 5) is 24.4. The third kappa shape index (κ3) is 6.26. The molecule has 0 fully saturated rings. The van der Waals surface area contributed by atoms with E-state index in [4.69, 9.17) is 14.2 Å². The number of nitrogens with one attached hydrogen (secondary N) is 2. The van der Waals surface area contributed by atoms with Crippen LogP contribution in [0.25, 0.3) is 0 Å². The third-order valence-corrected chi connectivity index (χ3v) is 4.12. The number of hydrazine groups is 1. The van der Waals surface area contributed by atoms with Crippen LogP contribution in [0.4, 0.5) is 0 Å². The maximum atomic E-state index is 12.2. The van der Waals surface area contributed by atoms with E-state index in [1.165, 1.54) is 7.11 Å². The van der Waals surface area contributed by atoms with Gasteiger partial charge in [-0.05, 0) is 59.3 Å². The second-order valence-corrected chi connectivity index (χ2v) is 6.19. The van der Waals surface area contributed by atoms with Gasteiger partial charge in [0.15, 0.2) is 0 Å². The van der Waals surface area contributed by atoms with E-state index in [1.807, 2.05) is 6.92 Å². The Kier molecular flexibility index (Phi) is 8.09. The van der Waals surface area contributed by atoms with Gasteiger partial charge in [0.25, 0.3) is 11.8 Å². The largest absolute Gasteiger partial charge is 0.496 e. The number of benzene rings is 2. The fraction of sp³-hybridized carbons (Fsp3) is 0.263. The highest BCUT2D eigenvalue weighted by atomic mass is 79.9. The van der Waals surface area contributed by atoms with Crippen molar-refractivity contribution in [1.29, 1.82) is 0 Å². The van der Waals surface area contributed by atoms with Gasteiger partial charge in [0.05, 0.1) is 18.2 Å². The third-order valence-electron chi connectivity index (χ3n) is 3.50. The summed E-state index contributed by atoms with van der Waals surface area (Å²) in [5, 5.41) is 0. The van der Waals surface area contributed by atoms with Crippen LogP contribution in [0, 0.1) is 0 Å². The lowest BCUT2D eigenvalue weighted by Crippen LogP contribution is -2.41. The quantitative estimate of drug-likeness (QED) is 0.490. The molecule has 2 amide bonds. The van der Waals surface area contributed by atoms with Crippen LogP contribution in [-0.4, -0.2) is 38.7 Å². The van der Waals surface area contributed by atoms with Crippen molar-refractivity contribution in [3.05, 3.63) is 58.1 Å². The van der Waals surface area contributed by atoms with Gasteiger partial charge in [-0.2, -0.15) is 0 Å². The molecular formula is C19H21BrN2O5. The average molecular weight is 437 g/mol. The Morgan fingerprint density at radius 2 is 1.70 bits per heavy atom. The van der Waals surface area contributed by atoms with Gasteiger partial charge in [0.1, 0.15) is 18.1 Å². The summed E-state index contributed by atoms with van der Waals surface area (Å²) >= 11 is 3.32. The van der Waals surface area contributed by atoms with E-state index in [0.29, 0.717) is 46.9 Å². The molecule has 144 valence electrons. The molecular weight excluding hydrogens is 416 g/mol. The summed E-state index contributed by atoms with van der Waals surface area (Å²) in [7, 11) is 1.54. The lowest BCUT2D eigenvalue weighted by Gasteiger charge is -2.10. The highest BCUT2D eigenvalue weighted by Gasteiger charge is 2.11.